The zero-order valence-electron chi connectivity index (χ0n) is 12.1. The lowest BCUT2D eigenvalue weighted by Gasteiger charge is -2.33. The second-order valence-electron chi connectivity index (χ2n) is 7.60. The van der Waals surface area contributed by atoms with Gasteiger partial charge in [-0.15, -0.1) is 0 Å². The Balaban J connectivity index is 1.55. The fourth-order valence-corrected chi connectivity index (χ4v) is 3.93. The Kier molecular flexibility index (Phi) is 3.44. The van der Waals surface area contributed by atoms with Gasteiger partial charge in [0, 0.05) is 12.6 Å². The van der Waals surface area contributed by atoms with Crippen LogP contribution in [0.3, 0.4) is 0 Å². The van der Waals surface area contributed by atoms with Crippen molar-refractivity contribution in [3.63, 3.8) is 0 Å². The molecular formula is C16H29NO. The summed E-state index contributed by atoms with van der Waals surface area (Å²) in [6.45, 7) is 5.74. The molecule has 1 saturated heterocycles. The van der Waals surface area contributed by atoms with Crippen LogP contribution in [0, 0.1) is 5.41 Å². The molecule has 2 aliphatic carbocycles. The molecule has 2 nitrogen and oxygen atoms in total. The van der Waals surface area contributed by atoms with Gasteiger partial charge in [-0.25, -0.2) is 0 Å². The molecule has 0 spiro atoms. The molecule has 3 rings (SSSR count). The molecule has 18 heavy (non-hydrogen) atoms. The number of hydrogen-bond donors (Lipinski definition) is 1. The topological polar surface area (TPSA) is 21.3 Å². The minimum Gasteiger partial charge on any atom is -0.372 e. The molecule has 0 bridgehead atoms. The average molecular weight is 251 g/mol. The molecule has 1 heterocycles. The van der Waals surface area contributed by atoms with Gasteiger partial charge >= 0.3 is 0 Å². The zero-order chi connectivity index (χ0) is 12.6. The van der Waals surface area contributed by atoms with Crippen molar-refractivity contribution in [2.24, 2.45) is 5.41 Å². The van der Waals surface area contributed by atoms with E-state index in [2.05, 4.69) is 19.2 Å². The Bertz CT molecular complexity index is 289. The second kappa shape index (κ2) is 4.79. The largest absolute Gasteiger partial charge is 0.372 e. The van der Waals surface area contributed by atoms with Gasteiger partial charge < -0.3 is 10.1 Å². The summed E-state index contributed by atoms with van der Waals surface area (Å²) in [5.74, 6) is 0. The van der Waals surface area contributed by atoms with E-state index >= 15 is 0 Å². The Morgan fingerprint density at radius 3 is 2.33 bits per heavy atom. The molecule has 1 unspecified atom stereocenters. The van der Waals surface area contributed by atoms with Crippen LogP contribution in [0.25, 0.3) is 0 Å². The first-order valence-corrected chi connectivity index (χ1v) is 7.98. The molecular weight excluding hydrogens is 222 g/mol. The molecule has 1 N–H and O–H groups in total. The molecule has 3 fully saturated rings. The highest BCUT2D eigenvalue weighted by Crippen LogP contribution is 2.45. The molecule has 2 saturated carbocycles. The number of rotatable bonds is 5. The van der Waals surface area contributed by atoms with E-state index in [0.29, 0.717) is 11.5 Å². The third-order valence-corrected chi connectivity index (χ3v) is 5.22. The summed E-state index contributed by atoms with van der Waals surface area (Å²) in [5, 5.41) is 3.78. The molecule has 2 heteroatoms. The summed E-state index contributed by atoms with van der Waals surface area (Å²) in [5.41, 5.74) is 0.696. The predicted molar refractivity (Wildman–Crippen MR) is 74.7 cm³/mol. The van der Waals surface area contributed by atoms with E-state index in [1.807, 2.05) is 0 Å². The van der Waals surface area contributed by atoms with Crippen molar-refractivity contribution in [1.29, 1.82) is 0 Å². The Hall–Kier alpha value is -0.0800. The maximum absolute atomic E-state index is 6.23. The summed E-state index contributed by atoms with van der Waals surface area (Å²) >= 11 is 0. The van der Waals surface area contributed by atoms with Crippen molar-refractivity contribution in [3.05, 3.63) is 0 Å². The first-order chi connectivity index (χ1) is 8.57. The van der Waals surface area contributed by atoms with E-state index in [1.54, 1.807) is 0 Å². The summed E-state index contributed by atoms with van der Waals surface area (Å²) in [7, 11) is 0. The highest BCUT2D eigenvalue weighted by molar-refractivity contribution is 4.94. The minimum absolute atomic E-state index is 0.133. The van der Waals surface area contributed by atoms with Gasteiger partial charge in [-0.1, -0.05) is 12.8 Å². The third kappa shape index (κ3) is 3.08. The lowest BCUT2D eigenvalue weighted by atomic mass is 9.80. The Labute approximate surface area is 112 Å². The van der Waals surface area contributed by atoms with Gasteiger partial charge in [0.15, 0.2) is 0 Å². The van der Waals surface area contributed by atoms with Crippen molar-refractivity contribution >= 4 is 0 Å². The lowest BCUT2D eigenvalue weighted by molar-refractivity contribution is -0.0351. The van der Waals surface area contributed by atoms with E-state index in [-0.39, 0.29) is 5.60 Å². The van der Waals surface area contributed by atoms with E-state index in [1.165, 1.54) is 64.3 Å². The number of hydrogen-bond acceptors (Lipinski definition) is 2. The fraction of sp³-hybridized carbons (Fsp3) is 1.00. The van der Waals surface area contributed by atoms with Crippen LogP contribution in [-0.2, 0) is 4.74 Å². The van der Waals surface area contributed by atoms with E-state index < -0.39 is 0 Å². The first kappa shape index (κ1) is 12.9. The highest BCUT2D eigenvalue weighted by Gasteiger charge is 2.41. The van der Waals surface area contributed by atoms with Crippen molar-refractivity contribution < 1.29 is 4.74 Å². The Morgan fingerprint density at radius 1 is 1.06 bits per heavy atom. The quantitative estimate of drug-likeness (QED) is 0.805. The van der Waals surface area contributed by atoms with Gasteiger partial charge in [-0.2, -0.15) is 0 Å². The summed E-state index contributed by atoms with van der Waals surface area (Å²) < 4.78 is 6.23. The standard InChI is InChI=1S/C16H29NO/c1-15(2)10-7-14(18-15)11-16(8-3-4-9-16)12-17-13-5-6-13/h13-14,17H,3-12H2,1-2H3. The fourth-order valence-electron chi connectivity index (χ4n) is 3.93. The van der Waals surface area contributed by atoms with Crippen LogP contribution in [0.2, 0.25) is 0 Å². The molecule has 1 atom stereocenters. The number of nitrogens with one attached hydrogen (secondary N) is 1. The van der Waals surface area contributed by atoms with Crippen LogP contribution in [0.1, 0.15) is 71.6 Å². The first-order valence-electron chi connectivity index (χ1n) is 7.98. The van der Waals surface area contributed by atoms with Crippen LogP contribution in [0.5, 0.6) is 0 Å². The average Bonchev–Trinajstić information content (AvgIpc) is 2.94. The van der Waals surface area contributed by atoms with Crippen LogP contribution in [0.15, 0.2) is 0 Å². The molecule has 0 radical (unpaired) electrons. The van der Waals surface area contributed by atoms with Crippen molar-refractivity contribution in [2.45, 2.75) is 89.4 Å². The maximum atomic E-state index is 6.23. The van der Waals surface area contributed by atoms with E-state index in [0.717, 1.165) is 6.04 Å². The van der Waals surface area contributed by atoms with Crippen molar-refractivity contribution in [3.8, 4) is 0 Å². The Morgan fingerprint density at radius 2 is 1.78 bits per heavy atom. The van der Waals surface area contributed by atoms with Gasteiger partial charge in [0.25, 0.3) is 0 Å². The van der Waals surface area contributed by atoms with E-state index in [9.17, 15) is 0 Å². The SMILES string of the molecule is CC1(C)CCC(CC2(CNC3CC3)CCCC2)O1. The molecule has 1 aliphatic heterocycles. The summed E-state index contributed by atoms with van der Waals surface area (Å²) in [6, 6.07) is 0.850. The molecule has 104 valence electrons. The van der Waals surface area contributed by atoms with Crippen LogP contribution < -0.4 is 5.32 Å². The second-order valence-corrected chi connectivity index (χ2v) is 7.60. The van der Waals surface area contributed by atoms with Crippen LogP contribution >= 0.6 is 0 Å². The zero-order valence-corrected chi connectivity index (χ0v) is 12.1. The van der Waals surface area contributed by atoms with Crippen molar-refractivity contribution in [1.82, 2.24) is 5.32 Å². The summed E-state index contributed by atoms with van der Waals surface area (Å²) in [4.78, 5) is 0. The smallest absolute Gasteiger partial charge is 0.0631 e. The van der Waals surface area contributed by atoms with Crippen LogP contribution in [0.4, 0.5) is 0 Å². The normalized spacial score (nSPS) is 34.0. The van der Waals surface area contributed by atoms with Gasteiger partial charge in [0.1, 0.15) is 0 Å². The lowest BCUT2D eigenvalue weighted by Crippen LogP contribution is -2.36. The minimum atomic E-state index is 0.133. The maximum Gasteiger partial charge on any atom is 0.0631 e. The predicted octanol–water partition coefficient (Wildman–Crippen LogP) is 3.65. The highest BCUT2D eigenvalue weighted by atomic mass is 16.5. The van der Waals surface area contributed by atoms with Crippen molar-refractivity contribution in [2.75, 3.05) is 6.54 Å². The van der Waals surface area contributed by atoms with Gasteiger partial charge in [-0.05, 0) is 64.2 Å². The molecule has 0 aromatic heterocycles. The van der Waals surface area contributed by atoms with Gasteiger partial charge in [0.05, 0.1) is 11.7 Å². The molecule has 3 aliphatic rings. The number of ether oxygens (including phenoxy) is 1. The molecule has 0 amide bonds. The molecule has 0 aromatic rings. The monoisotopic (exact) mass is 251 g/mol. The van der Waals surface area contributed by atoms with Crippen LogP contribution in [-0.4, -0.2) is 24.3 Å². The summed E-state index contributed by atoms with van der Waals surface area (Å²) in [6.07, 6.45) is 12.9. The van der Waals surface area contributed by atoms with Gasteiger partial charge in [-0.3, -0.25) is 0 Å². The van der Waals surface area contributed by atoms with Gasteiger partial charge in [0.2, 0.25) is 0 Å². The molecule has 0 aromatic carbocycles. The third-order valence-electron chi connectivity index (χ3n) is 5.22. The van der Waals surface area contributed by atoms with E-state index in [4.69, 9.17) is 4.74 Å².